The minimum absolute atomic E-state index is 0.0209. The summed E-state index contributed by atoms with van der Waals surface area (Å²) in [5, 5.41) is 0.253. The van der Waals surface area contributed by atoms with Gasteiger partial charge in [0.05, 0.1) is 15.5 Å². The Morgan fingerprint density at radius 3 is 2.57 bits per heavy atom. The van der Waals surface area contributed by atoms with E-state index in [9.17, 15) is 18.8 Å². The van der Waals surface area contributed by atoms with Crippen molar-refractivity contribution in [3.05, 3.63) is 75.4 Å². The Labute approximate surface area is 186 Å². The molecule has 10 heteroatoms. The molecule has 2 aromatic rings. The van der Waals surface area contributed by atoms with Gasteiger partial charge in [-0.1, -0.05) is 65.9 Å². The molecular weight excluding hydrogens is 449 g/mol. The molecule has 154 valence electrons. The molecule has 6 nitrogen and oxygen atoms in total. The highest BCUT2D eigenvalue weighted by molar-refractivity contribution is 8.26. The number of hydrogen-bond donors (Lipinski definition) is 2. The van der Waals surface area contributed by atoms with Crippen LogP contribution < -0.4 is 10.9 Å². The van der Waals surface area contributed by atoms with Crippen molar-refractivity contribution in [2.45, 2.75) is 6.42 Å². The zero-order chi connectivity index (χ0) is 21.7. The molecule has 3 rings (SSSR count). The summed E-state index contributed by atoms with van der Waals surface area (Å²) in [6.07, 6.45) is 1.33. The number of benzene rings is 2. The number of nitrogens with zero attached hydrogens (tertiary/aromatic N) is 1. The van der Waals surface area contributed by atoms with Gasteiger partial charge in [-0.25, -0.2) is 4.39 Å². The van der Waals surface area contributed by atoms with Crippen LogP contribution in [0.15, 0.2) is 53.4 Å². The lowest BCUT2D eigenvalue weighted by molar-refractivity contribution is -0.124. The summed E-state index contributed by atoms with van der Waals surface area (Å²) in [5.74, 6) is -1.92. The summed E-state index contributed by atoms with van der Waals surface area (Å²) in [4.78, 5) is 38.2. The standard InChI is InChI=1S/C20H15ClFN3O3S2/c21-14-7-3-2-6-13(14)18(27)24-23-17(26)9-10-25-19(28)16(30-20(25)29)11-12-5-1-4-8-15(12)22/h1-8,11H,9-10H2,(H,23,26)(H,24,27)/b16-11-. The van der Waals surface area contributed by atoms with E-state index in [0.717, 1.165) is 11.8 Å². The largest absolute Gasteiger partial charge is 0.292 e. The van der Waals surface area contributed by atoms with E-state index in [1.807, 2.05) is 0 Å². The molecule has 3 amide bonds. The number of halogens is 2. The molecule has 0 aliphatic carbocycles. The number of hydrogen-bond acceptors (Lipinski definition) is 5. The molecule has 1 aliphatic heterocycles. The number of nitrogens with one attached hydrogen (secondary N) is 2. The number of rotatable bonds is 5. The van der Waals surface area contributed by atoms with Crippen molar-refractivity contribution in [2.24, 2.45) is 0 Å². The topological polar surface area (TPSA) is 78.5 Å². The molecule has 0 spiro atoms. The Morgan fingerprint density at radius 1 is 1.13 bits per heavy atom. The number of carbonyl (C=O) groups excluding carboxylic acids is 3. The van der Waals surface area contributed by atoms with Crippen LogP contribution in [0.1, 0.15) is 22.3 Å². The van der Waals surface area contributed by atoms with Crippen molar-refractivity contribution in [1.29, 1.82) is 0 Å². The number of thioether (sulfide) groups is 1. The summed E-state index contributed by atoms with van der Waals surface area (Å²) in [7, 11) is 0. The van der Waals surface area contributed by atoms with E-state index in [1.54, 1.807) is 36.4 Å². The molecule has 2 aromatic carbocycles. The maximum Gasteiger partial charge on any atom is 0.271 e. The number of amides is 3. The van der Waals surface area contributed by atoms with E-state index in [0.29, 0.717) is 0 Å². The fourth-order valence-electron chi connectivity index (χ4n) is 2.54. The van der Waals surface area contributed by atoms with Crippen LogP contribution in [0.3, 0.4) is 0 Å². The predicted molar refractivity (Wildman–Crippen MR) is 118 cm³/mol. The first kappa shape index (κ1) is 21.9. The summed E-state index contributed by atoms with van der Waals surface area (Å²) < 4.78 is 14.1. The fourth-order valence-corrected chi connectivity index (χ4v) is 4.06. The molecule has 1 saturated heterocycles. The maximum atomic E-state index is 13.8. The van der Waals surface area contributed by atoms with Crippen LogP contribution in [0.4, 0.5) is 4.39 Å². The SMILES string of the molecule is O=C(CCN1C(=O)/C(=C/c2ccccc2F)SC1=S)NNC(=O)c1ccccc1Cl. The Bertz CT molecular complexity index is 1060. The molecule has 1 aliphatic rings. The van der Waals surface area contributed by atoms with Gasteiger partial charge in [-0.15, -0.1) is 0 Å². The second-order valence-corrected chi connectivity index (χ2v) is 8.17. The lowest BCUT2D eigenvalue weighted by Gasteiger charge is -2.14. The monoisotopic (exact) mass is 463 g/mol. The van der Waals surface area contributed by atoms with Gasteiger partial charge in [-0.3, -0.25) is 30.1 Å². The van der Waals surface area contributed by atoms with E-state index in [4.69, 9.17) is 23.8 Å². The van der Waals surface area contributed by atoms with Gasteiger partial charge in [0, 0.05) is 18.5 Å². The van der Waals surface area contributed by atoms with Gasteiger partial charge in [0.1, 0.15) is 10.1 Å². The molecule has 2 N–H and O–H groups in total. The normalized spacial score (nSPS) is 14.9. The number of carbonyl (C=O) groups is 3. The second kappa shape index (κ2) is 9.84. The minimum Gasteiger partial charge on any atom is -0.292 e. The molecule has 0 atom stereocenters. The summed E-state index contributed by atoms with van der Waals surface area (Å²) in [5.41, 5.74) is 5.03. The van der Waals surface area contributed by atoms with E-state index < -0.39 is 23.5 Å². The second-order valence-electron chi connectivity index (χ2n) is 6.09. The van der Waals surface area contributed by atoms with Gasteiger partial charge in [0.25, 0.3) is 11.8 Å². The van der Waals surface area contributed by atoms with Crippen molar-refractivity contribution >= 4 is 63.7 Å². The molecule has 0 radical (unpaired) electrons. The van der Waals surface area contributed by atoms with Gasteiger partial charge < -0.3 is 0 Å². The van der Waals surface area contributed by atoms with Crippen molar-refractivity contribution in [2.75, 3.05) is 6.54 Å². The van der Waals surface area contributed by atoms with E-state index in [-0.39, 0.29) is 38.3 Å². The highest BCUT2D eigenvalue weighted by Gasteiger charge is 2.32. The molecule has 0 saturated carbocycles. The first-order valence-corrected chi connectivity index (χ1v) is 10.3. The molecule has 0 bridgehead atoms. The van der Waals surface area contributed by atoms with Crippen LogP contribution in [-0.2, 0) is 9.59 Å². The third kappa shape index (κ3) is 5.24. The van der Waals surface area contributed by atoms with E-state index >= 15 is 0 Å². The fraction of sp³-hybridized carbons (Fsp3) is 0.100. The maximum absolute atomic E-state index is 13.8. The first-order chi connectivity index (χ1) is 14.4. The Kier molecular flexibility index (Phi) is 7.20. The quantitative estimate of drug-likeness (QED) is 0.403. The molecular formula is C20H15ClFN3O3S2. The van der Waals surface area contributed by atoms with E-state index in [1.165, 1.54) is 23.1 Å². The van der Waals surface area contributed by atoms with Gasteiger partial charge in [-0.05, 0) is 24.3 Å². The minimum atomic E-state index is -0.563. The summed E-state index contributed by atoms with van der Waals surface area (Å²) >= 11 is 12.2. The molecule has 0 aromatic heterocycles. The van der Waals surface area contributed by atoms with Crippen LogP contribution in [0.2, 0.25) is 5.02 Å². The lowest BCUT2D eigenvalue weighted by Crippen LogP contribution is -2.43. The molecule has 0 unspecified atom stereocenters. The van der Waals surface area contributed by atoms with Crippen LogP contribution >= 0.6 is 35.6 Å². The number of hydrazine groups is 1. The van der Waals surface area contributed by atoms with Crippen LogP contribution in [0.25, 0.3) is 6.08 Å². The Hall–Kier alpha value is -2.75. The van der Waals surface area contributed by atoms with Crippen LogP contribution in [-0.4, -0.2) is 33.5 Å². The molecule has 1 heterocycles. The Balaban J connectivity index is 1.54. The molecule has 1 fully saturated rings. The predicted octanol–water partition coefficient (Wildman–Crippen LogP) is 3.53. The van der Waals surface area contributed by atoms with Crippen LogP contribution in [0, 0.1) is 5.82 Å². The summed E-state index contributed by atoms with van der Waals surface area (Å²) in [6, 6.07) is 12.5. The number of thiocarbonyl (C=S) groups is 1. The summed E-state index contributed by atoms with van der Waals surface area (Å²) in [6.45, 7) is 0.0209. The van der Waals surface area contributed by atoms with Gasteiger partial charge in [0.15, 0.2) is 0 Å². The average Bonchev–Trinajstić information content (AvgIpc) is 2.99. The first-order valence-electron chi connectivity index (χ1n) is 8.70. The van der Waals surface area contributed by atoms with Gasteiger partial charge in [-0.2, -0.15) is 0 Å². The smallest absolute Gasteiger partial charge is 0.271 e. The van der Waals surface area contributed by atoms with Gasteiger partial charge >= 0.3 is 0 Å². The Morgan fingerprint density at radius 2 is 1.83 bits per heavy atom. The van der Waals surface area contributed by atoms with Crippen molar-refractivity contribution in [3.63, 3.8) is 0 Å². The van der Waals surface area contributed by atoms with Crippen molar-refractivity contribution in [1.82, 2.24) is 15.8 Å². The zero-order valence-corrected chi connectivity index (χ0v) is 17.7. The third-order valence-electron chi connectivity index (χ3n) is 4.06. The highest BCUT2D eigenvalue weighted by Crippen LogP contribution is 2.32. The van der Waals surface area contributed by atoms with Crippen LogP contribution in [0.5, 0.6) is 0 Å². The highest BCUT2D eigenvalue weighted by atomic mass is 35.5. The van der Waals surface area contributed by atoms with Crippen molar-refractivity contribution in [3.8, 4) is 0 Å². The van der Waals surface area contributed by atoms with E-state index in [2.05, 4.69) is 10.9 Å². The average molecular weight is 464 g/mol. The van der Waals surface area contributed by atoms with Crippen molar-refractivity contribution < 1.29 is 18.8 Å². The zero-order valence-electron chi connectivity index (χ0n) is 15.4. The third-order valence-corrected chi connectivity index (χ3v) is 5.77. The molecule has 30 heavy (non-hydrogen) atoms. The van der Waals surface area contributed by atoms with Gasteiger partial charge in [0.2, 0.25) is 5.91 Å². The lowest BCUT2D eigenvalue weighted by atomic mass is 10.2.